The minimum absolute atomic E-state index is 0.141. The van der Waals surface area contributed by atoms with E-state index < -0.39 is 34.2 Å². The summed E-state index contributed by atoms with van der Waals surface area (Å²) in [6.07, 6.45) is -0.264. The molecular formula is C20H16FN3O4S. The van der Waals surface area contributed by atoms with E-state index in [1.807, 2.05) is 0 Å². The molecule has 0 saturated carbocycles. The van der Waals surface area contributed by atoms with E-state index in [2.05, 4.69) is 10.9 Å². The Labute approximate surface area is 166 Å². The molecule has 0 bridgehead atoms. The van der Waals surface area contributed by atoms with Crippen molar-refractivity contribution in [1.29, 1.82) is 0 Å². The summed E-state index contributed by atoms with van der Waals surface area (Å²) in [5, 5.41) is 1.32. The maximum Gasteiger partial charge on any atom is 0.265 e. The van der Waals surface area contributed by atoms with Crippen molar-refractivity contribution in [2.24, 2.45) is 0 Å². The predicted octanol–water partition coefficient (Wildman–Crippen LogP) is 1.88. The van der Waals surface area contributed by atoms with Crippen molar-refractivity contribution in [1.82, 2.24) is 10.9 Å². The minimum Gasteiger partial charge on any atom is -0.273 e. The minimum atomic E-state index is -3.88. The second kappa shape index (κ2) is 7.17. The third-order valence-electron chi connectivity index (χ3n) is 4.62. The molecule has 7 nitrogen and oxygen atoms in total. The zero-order valence-electron chi connectivity index (χ0n) is 15.1. The van der Waals surface area contributed by atoms with Crippen LogP contribution in [0.25, 0.3) is 10.8 Å². The van der Waals surface area contributed by atoms with Crippen molar-refractivity contribution in [2.75, 3.05) is 10.8 Å². The molecule has 0 aromatic heterocycles. The SMILES string of the molecule is O=C(Cc1ccccc1F)NNC(=O)CN1c2cccc3cccc(c23)S1(=O)=O. The fourth-order valence-electron chi connectivity index (χ4n) is 3.30. The van der Waals surface area contributed by atoms with Crippen LogP contribution in [-0.2, 0) is 26.0 Å². The summed E-state index contributed by atoms with van der Waals surface area (Å²) in [7, 11) is -3.88. The molecule has 0 radical (unpaired) electrons. The maximum absolute atomic E-state index is 13.6. The van der Waals surface area contributed by atoms with E-state index in [0.29, 0.717) is 11.1 Å². The molecule has 1 aliphatic rings. The molecule has 0 spiro atoms. The van der Waals surface area contributed by atoms with Gasteiger partial charge in [-0.1, -0.05) is 42.5 Å². The van der Waals surface area contributed by atoms with Gasteiger partial charge in [-0.2, -0.15) is 0 Å². The smallest absolute Gasteiger partial charge is 0.265 e. The standard InChI is InChI=1S/C20H16FN3O4S/c21-15-8-2-1-5-14(15)11-18(25)22-23-19(26)12-24-16-9-3-6-13-7-4-10-17(20(13)16)29(24,27)28/h1-10H,11-12H2,(H,22,25)(H,23,26). The number of benzene rings is 3. The molecule has 9 heteroatoms. The van der Waals surface area contributed by atoms with Crippen molar-refractivity contribution in [3.63, 3.8) is 0 Å². The number of anilines is 1. The first-order chi connectivity index (χ1) is 13.9. The summed E-state index contributed by atoms with van der Waals surface area (Å²) < 4.78 is 40.3. The van der Waals surface area contributed by atoms with Gasteiger partial charge in [0.25, 0.3) is 15.9 Å². The molecule has 3 aromatic rings. The van der Waals surface area contributed by atoms with Crippen LogP contribution in [0.2, 0.25) is 0 Å². The van der Waals surface area contributed by atoms with E-state index in [0.717, 1.165) is 9.69 Å². The van der Waals surface area contributed by atoms with Crippen LogP contribution in [0, 0.1) is 5.82 Å². The van der Waals surface area contributed by atoms with Crippen molar-refractivity contribution in [3.05, 3.63) is 72.0 Å². The van der Waals surface area contributed by atoms with Crippen molar-refractivity contribution in [2.45, 2.75) is 11.3 Å². The van der Waals surface area contributed by atoms with Gasteiger partial charge in [0.1, 0.15) is 12.4 Å². The van der Waals surface area contributed by atoms with Gasteiger partial charge < -0.3 is 0 Å². The van der Waals surface area contributed by atoms with Crippen molar-refractivity contribution >= 4 is 38.3 Å². The second-order valence-electron chi connectivity index (χ2n) is 6.51. The van der Waals surface area contributed by atoms with Crippen LogP contribution in [0.3, 0.4) is 0 Å². The molecule has 0 unspecified atom stereocenters. The van der Waals surface area contributed by atoms with E-state index in [-0.39, 0.29) is 16.9 Å². The zero-order chi connectivity index (χ0) is 20.6. The van der Waals surface area contributed by atoms with E-state index in [1.165, 1.54) is 24.3 Å². The maximum atomic E-state index is 13.6. The molecule has 1 aliphatic heterocycles. The molecule has 2 N–H and O–H groups in total. The Morgan fingerprint density at radius 3 is 2.34 bits per heavy atom. The lowest BCUT2D eigenvalue weighted by Gasteiger charge is -2.18. The van der Waals surface area contributed by atoms with Crippen molar-refractivity contribution < 1.29 is 22.4 Å². The number of nitrogens with zero attached hydrogens (tertiary/aromatic N) is 1. The largest absolute Gasteiger partial charge is 0.273 e. The summed E-state index contributed by atoms with van der Waals surface area (Å²) in [5.74, 6) is -1.87. The molecule has 0 saturated heterocycles. The molecule has 148 valence electrons. The number of halogens is 1. The lowest BCUT2D eigenvalue weighted by Crippen LogP contribution is -2.47. The normalized spacial score (nSPS) is 14.0. The average molecular weight is 413 g/mol. The number of amides is 2. The third-order valence-corrected chi connectivity index (χ3v) is 6.42. The van der Waals surface area contributed by atoms with Crippen molar-refractivity contribution in [3.8, 4) is 0 Å². The Hall–Kier alpha value is -3.46. The lowest BCUT2D eigenvalue weighted by atomic mass is 10.1. The molecule has 1 heterocycles. The molecule has 29 heavy (non-hydrogen) atoms. The second-order valence-corrected chi connectivity index (χ2v) is 8.34. The van der Waals surface area contributed by atoms with Gasteiger partial charge in [-0.3, -0.25) is 24.7 Å². The first-order valence-electron chi connectivity index (χ1n) is 8.73. The highest BCUT2D eigenvalue weighted by molar-refractivity contribution is 7.93. The quantitative estimate of drug-likeness (QED) is 0.639. The monoisotopic (exact) mass is 413 g/mol. The van der Waals surface area contributed by atoms with Gasteiger partial charge in [0.15, 0.2) is 0 Å². The van der Waals surface area contributed by atoms with E-state index in [4.69, 9.17) is 0 Å². The summed E-state index contributed by atoms with van der Waals surface area (Å²) >= 11 is 0. The van der Waals surface area contributed by atoms with E-state index in [9.17, 15) is 22.4 Å². The fourth-order valence-corrected chi connectivity index (χ4v) is 4.96. The van der Waals surface area contributed by atoms with Crippen LogP contribution in [0.5, 0.6) is 0 Å². The van der Waals surface area contributed by atoms with Gasteiger partial charge in [-0.05, 0) is 29.1 Å². The molecule has 0 atom stereocenters. The first kappa shape index (κ1) is 18.9. The highest BCUT2D eigenvalue weighted by Gasteiger charge is 2.36. The third kappa shape index (κ3) is 3.40. The number of hydrogen-bond donors (Lipinski definition) is 2. The number of hydrogen-bond acceptors (Lipinski definition) is 4. The summed E-state index contributed by atoms with van der Waals surface area (Å²) in [4.78, 5) is 24.4. The molecule has 0 fully saturated rings. The number of hydrazine groups is 1. The van der Waals surface area contributed by atoms with Crippen LogP contribution in [0.1, 0.15) is 5.56 Å². The Kier molecular flexibility index (Phi) is 4.67. The number of carbonyl (C=O) groups is 2. The summed E-state index contributed by atoms with van der Waals surface area (Å²) in [6, 6.07) is 15.9. The van der Waals surface area contributed by atoms with Gasteiger partial charge >= 0.3 is 0 Å². The molecular weight excluding hydrogens is 397 g/mol. The van der Waals surface area contributed by atoms with Gasteiger partial charge in [-0.15, -0.1) is 0 Å². The topological polar surface area (TPSA) is 95.6 Å². The van der Waals surface area contributed by atoms with Gasteiger partial charge in [0, 0.05) is 5.39 Å². The number of nitrogens with one attached hydrogen (secondary N) is 2. The van der Waals surface area contributed by atoms with E-state index in [1.54, 1.807) is 36.4 Å². The molecule has 3 aromatic carbocycles. The zero-order valence-corrected chi connectivity index (χ0v) is 15.9. The average Bonchev–Trinajstić information content (AvgIpc) is 2.92. The molecule has 4 rings (SSSR count). The van der Waals surface area contributed by atoms with Crippen LogP contribution in [0.4, 0.5) is 10.1 Å². The van der Waals surface area contributed by atoms with Gasteiger partial charge in [0.05, 0.1) is 17.0 Å². The number of sulfonamides is 1. The highest BCUT2D eigenvalue weighted by Crippen LogP contribution is 2.41. The van der Waals surface area contributed by atoms with Crippen LogP contribution < -0.4 is 15.2 Å². The molecule has 2 amide bonds. The van der Waals surface area contributed by atoms with Crippen LogP contribution >= 0.6 is 0 Å². The summed E-state index contributed by atoms with van der Waals surface area (Å²) in [6.45, 7) is -0.504. The van der Waals surface area contributed by atoms with Crippen LogP contribution in [-0.4, -0.2) is 26.8 Å². The Bertz CT molecular complexity index is 1240. The molecule has 0 aliphatic carbocycles. The first-order valence-corrected chi connectivity index (χ1v) is 10.2. The van der Waals surface area contributed by atoms with Gasteiger partial charge in [-0.25, -0.2) is 12.8 Å². The van der Waals surface area contributed by atoms with Crippen LogP contribution in [0.15, 0.2) is 65.6 Å². The van der Waals surface area contributed by atoms with Gasteiger partial charge in [0.2, 0.25) is 5.91 Å². The number of carbonyl (C=O) groups excluding carboxylic acids is 2. The predicted molar refractivity (Wildman–Crippen MR) is 105 cm³/mol. The Morgan fingerprint density at radius 2 is 1.59 bits per heavy atom. The highest BCUT2D eigenvalue weighted by atomic mass is 32.2. The fraction of sp³-hybridized carbons (Fsp3) is 0.100. The van der Waals surface area contributed by atoms with E-state index >= 15 is 0 Å². The Balaban J connectivity index is 1.45. The lowest BCUT2D eigenvalue weighted by molar-refractivity contribution is -0.127. The summed E-state index contributed by atoms with van der Waals surface area (Å²) in [5.41, 5.74) is 4.95. The number of rotatable bonds is 4. The Morgan fingerprint density at radius 1 is 0.897 bits per heavy atom.